The summed E-state index contributed by atoms with van der Waals surface area (Å²) in [7, 11) is 1.37. The summed E-state index contributed by atoms with van der Waals surface area (Å²) in [5.74, 6) is -2.62. The lowest BCUT2D eigenvalue weighted by Gasteiger charge is -2.16. The predicted molar refractivity (Wildman–Crippen MR) is 78.0 cm³/mol. The first kappa shape index (κ1) is 15.4. The normalized spacial score (nSPS) is 10.5. The lowest BCUT2D eigenvalue weighted by Crippen LogP contribution is -2.27. The van der Waals surface area contributed by atoms with Crippen LogP contribution in [0.2, 0.25) is 5.02 Å². The number of carboxylic acid groups (broad SMARTS) is 1. The van der Waals surface area contributed by atoms with Crippen LogP contribution in [0.4, 0.5) is 9.39 Å². The van der Waals surface area contributed by atoms with Gasteiger partial charge in [-0.05, 0) is 36.7 Å². The molecule has 5 nitrogen and oxygen atoms in total. The van der Waals surface area contributed by atoms with Gasteiger partial charge in [0.15, 0.2) is 0 Å². The SMILES string of the molecule is Cc1nsc(N(C)C(=O)c2ccc(Cl)cc2F)c1C(=O)O. The summed E-state index contributed by atoms with van der Waals surface area (Å²) in [6, 6.07) is 3.67. The molecule has 2 aromatic rings. The van der Waals surface area contributed by atoms with Gasteiger partial charge in [0.2, 0.25) is 0 Å². The van der Waals surface area contributed by atoms with Crippen LogP contribution in [0.5, 0.6) is 0 Å². The number of aromatic carboxylic acids is 1. The number of halogens is 2. The highest BCUT2D eigenvalue weighted by Gasteiger charge is 2.26. The molecule has 0 aliphatic carbocycles. The molecule has 1 heterocycles. The fraction of sp³-hybridized carbons (Fsp3) is 0.154. The van der Waals surface area contributed by atoms with Gasteiger partial charge in [0, 0.05) is 12.1 Å². The molecule has 1 N–H and O–H groups in total. The first-order valence-corrected chi connectivity index (χ1v) is 6.90. The molecule has 0 saturated heterocycles. The highest BCUT2D eigenvalue weighted by atomic mass is 35.5. The number of amides is 1. The first-order chi connectivity index (χ1) is 9.82. The van der Waals surface area contributed by atoms with Gasteiger partial charge in [0.05, 0.1) is 11.3 Å². The summed E-state index contributed by atoms with van der Waals surface area (Å²) in [4.78, 5) is 24.6. The molecule has 0 bridgehead atoms. The Bertz CT molecular complexity index is 732. The summed E-state index contributed by atoms with van der Waals surface area (Å²) in [6.07, 6.45) is 0. The molecule has 0 fully saturated rings. The number of carbonyl (C=O) groups excluding carboxylic acids is 1. The van der Waals surface area contributed by atoms with Crippen molar-refractivity contribution >= 4 is 40.0 Å². The topological polar surface area (TPSA) is 70.5 Å². The van der Waals surface area contributed by atoms with Crippen LogP contribution in [-0.2, 0) is 0 Å². The third-order valence-corrected chi connectivity index (χ3v) is 4.08. The summed E-state index contributed by atoms with van der Waals surface area (Å²) < 4.78 is 17.7. The van der Waals surface area contributed by atoms with Crippen LogP contribution >= 0.6 is 23.1 Å². The van der Waals surface area contributed by atoms with E-state index in [1.165, 1.54) is 26.1 Å². The van der Waals surface area contributed by atoms with Gasteiger partial charge in [-0.1, -0.05) is 11.6 Å². The average Bonchev–Trinajstić information content (AvgIpc) is 2.79. The molecule has 8 heteroatoms. The van der Waals surface area contributed by atoms with E-state index in [4.69, 9.17) is 16.7 Å². The van der Waals surface area contributed by atoms with Crippen molar-refractivity contribution in [3.63, 3.8) is 0 Å². The van der Waals surface area contributed by atoms with Crippen molar-refractivity contribution in [2.24, 2.45) is 0 Å². The third kappa shape index (κ3) is 2.88. The van der Waals surface area contributed by atoms with Gasteiger partial charge in [-0.3, -0.25) is 4.79 Å². The van der Waals surface area contributed by atoms with E-state index in [2.05, 4.69) is 4.37 Å². The zero-order valence-corrected chi connectivity index (χ0v) is 12.6. The summed E-state index contributed by atoms with van der Waals surface area (Å²) in [6.45, 7) is 1.53. The molecular weight excluding hydrogens is 319 g/mol. The molecule has 0 saturated carbocycles. The smallest absolute Gasteiger partial charge is 0.340 e. The van der Waals surface area contributed by atoms with Crippen molar-refractivity contribution in [2.45, 2.75) is 6.92 Å². The lowest BCUT2D eigenvalue weighted by molar-refractivity contribution is 0.0697. The number of carbonyl (C=O) groups is 2. The van der Waals surface area contributed by atoms with Gasteiger partial charge < -0.3 is 10.0 Å². The van der Waals surface area contributed by atoms with E-state index in [9.17, 15) is 14.0 Å². The Hall–Kier alpha value is -1.99. The van der Waals surface area contributed by atoms with Gasteiger partial charge in [0.25, 0.3) is 5.91 Å². The summed E-state index contributed by atoms with van der Waals surface area (Å²) >= 11 is 6.51. The fourth-order valence-electron chi connectivity index (χ4n) is 1.77. The quantitative estimate of drug-likeness (QED) is 0.939. The van der Waals surface area contributed by atoms with Crippen molar-refractivity contribution < 1.29 is 19.1 Å². The maximum Gasteiger partial charge on any atom is 0.340 e. The minimum Gasteiger partial charge on any atom is -0.478 e. The standard InChI is InChI=1S/C13H10ClFN2O3S/c1-6-10(13(19)20)12(21-16-6)17(2)11(18)8-4-3-7(14)5-9(8)15/h3-5H,1-2H3,(H,19,20). The Morgan fingerprint density at radius 2 is 2.10 bits per heavy atom. The Morgan fingerprint density at radius 1 is 1.43 bits per heavy atom. The molecule has 0 aliphatic rings. The second kappa shape index (κ2) is 5.79. The van der Waals surface area contributed by atoms with E-state index in [0.29, 0.717) is 5.69 Å². The minimum atomic E-state index is -1.19. The molecule has 0 radical (unpaired) electrons. The molecule has 0 atom stereocenters. The second-order valence-electron chi connectivity index (χ2n) is 4.24. The molecule has 1 amide bonds. The molecule has 0 aliphatic heterocycles. The van der Waals surface area contributed by atoms with Gasteiger partial charge in [-0.2, -0.15) is 4.37 Å². The molecule has 1 aromatic heterocycles. The Balaban J connectivity index is 2.42. The van der Waals surface area contributed by atoms with E-state index in [-0.39, 0.29) is 21.2 Å². The molecule has 21 heavy (non-hydrogen) atoms. The van der Waals surface area contributed by atoms with E-state index < -0.39 is 17.7 Å². The van der Waals surface area contributed by atoms with Crippen molar-refractivity contribution in [1.82, 2.24) is 4.37 Å². The Morgan fingerprint density at radius 3 is 2.67 bits per heavy atom. The van der Waals surface area contributed by atoms with Crippen molar-refractivity contribution in [2.75, 3.05) is 11.9 Å². The van der Waals surface area contributed by atoms with E-state index in [1.54, 1.807) is 0 Å². The maximum atomic E-state index is 13.8. The largest absolute Gasteiger partial charge is 0.478 e. The number of rotatable bonds is 3. The van der Waals surface area contributed by atoms with Crippen LogP contribution in [0.15, 0.2) is 18.2 Å². The maximum absolute atomic E-state index is 13.8. The van der Waals surface area contributed by atoms with Gasteiger partial charge in [0.1, 0.15) is 16.4 Å². The molecule has 1 aromatic carbocycles. The molecule has 2 rings (SSSR count). The Labute approximate surface area is 128 Å². The lowest BCUT2D eigenvalue weighted by atomic mass is 10.1. The van der Waals surface area contributed by atoms with Crippen LogP contribution < -0.4 is 4.90 Å². The van der Waals surface area contributed by atoms with E-state index >= 15 is 0 Å². The number of carboxylic acids is 1. The van der Waals surface area contributed by atoms with Crippen LogP contribution in [0.1, 0.15) is 26.4 Å². The van der Waals surface area contributed by atoms with Crippen molar-refractivity contribution in [3.8, 4) is 0 Å². The fourth-order valence-corrected chi connectivity index (χ4v) is 2.77. The number of nitrogens with zero attached hydrogens (tertiary/aromatic N) is 2. The highest BCUT2D eigenvalue weighted by molar-refractivity contribution is 7.11. The van der Waals surface area contributed by atoms with Gasteiger partial charge in [-0.25, -0.2) is 9.18 Å². The minimum absolute atomic E-state index is 0.0646. The third-order valence-electron chi connectivity index (χ3n) is 2.83. The summed E-state index contributed by atoms with van der Waals surface area (Å²) in [5.41, 5.74) is 0.0493. The van der Waals surface area contributed by atoms with Crippen LogP contribution in [0.3, 0.4) is 0 Å². The van der Waals surface area contributed by atoms with E-state index in [0.717, 1.165) is 22.5 Å². The number of benzene rings is 1. The number of hydrogen-bond acceptors (Lipinski definition) is 4. The molecule has 0 unspecified atom stereocenters. The number of hydrogen-bond donors (Lipinski definition) is 1. The molecular formula is C13H10ClFN2O3S. The van der Waals surface area contributed by atoms with Crippen LogP contribution in [0, 0.1) is 12.7 Å². The highest BCUT2D eigenvalue weighted by Crippen LogP contribution is 2.29. The van der Waals surface area contributed by atoms with Gasteiger partial charge >= 0.3 is 5.97 Å². The first-order valence-electron chi connectivity index (χ1n) is 5.75. The predicted octanol–water partition coefficient (Wildman–Crippen LogP) is 3.22. The van der Waals surface area contributed by atoms with Gasteiger partial charge in [-0.15, -0.1) is 0 Å². The Kier molecular flexibility index (Phi) is 4.24. The number of aryl methyl sites for hydroxylation is 1. The average molecular weight is 329 g/mol. The van der Waals surface area contributed by atoms with Crippen molar-refractivity contribution in [3.05, 3.63) is 45.9 Å². The molecule has 0 spiro atoms. The monoisotopic (exact) mass is 328 g/mol. The van der Waals surface area contributed by atoms with Crippen molar-refractivity contribution in [1.29, 1.82) is 0 Å². The van der Waals surface area contributed by atoms with E-state index in [1.807, 2.05) is 0 Å². The second-order valence-corrected chi connectivity index (χ2v) is 5.43. The molecule has 110 valence electrons. The van der Waals surface area contributed by atoms with Crippen LogP contribution in [0.25, 0.3) is 0 Å². The zero-order valence-electron chi connectivity index (χ0n) is 11.1. The summed E-state index contributed by atoms with van der Waals surface area (Å²) in [5, 5.41) is 9.49. The van der Waals surface area contributed by atoms with Crippen LogP contribution in [-0.4, -0.2) is 28.4 Å². The number of aromatic nitrogens is 1. The zero-order chi connectivity index (χ0) is 15.7. The number of anilines is 1.